The van der Waals surface area contributed by atoms with E-state index in [4.69, 9.17) is 0 Å². The fourth-order valence-corrected chi connectivity index (χ4v) is 3.73. The zero-order valence-corrected chi connectivity index (χ0v) is 13.2. The third kappa shape index (κ3) is 2.90. The van der Waals surface area contributed by atoms with E-state index in [1.807, 2.05) is 14.0 Å². The summed E-state index contributed by atoms with van der Waals surface area (Å²) in [5.74, 6) is 0.550. The van der Waals surface area contributed by atoms with E-state index in [-0.39, 0.29) is 5.91 Å². The van der Waals surface area contributed by atoms with Gasteiger partial charge in [0.05, 0.1) is 5.75 Å². The second-order valence-corrected chi connectivity index (χ2v) is 6.51. The summed E-state index contributed by atoms with van der Waals surface area (Å²) in [7, 11) is 1.82. The van der Waals surface area contributed by atoms with Crippen molar-refractivity contribution in [3.8, 4) is 0 Å². The van der Waals surface area contributed by atoms with Gasteiger partial charge in [0.15, 0.2) is 0 Å². The summed E-state index contributed by atoms with van der Waals surface area (Å²) >= 11 is 3.17. The first-order valence-corrected chi connectivity index (χ1v) is 7.92. The highest BCUT2D eigenvalue weighted by Crippen LogP contribution is 2.34. The minimum atomic E-state index is 0.129. The van der Waals surface area contributed by atoms with Crippen molar-refractivity contribution in [2.24, 2.45) is 0 Å². The Morgan fingerprint density at radius 1 is 1.42 bits per heavy atom. The van der Waals surface area contributed by atoms with Crippen LogP contribution in [0, 0.1) is 13.8 Å². The molecule has 2 aromatic heterocycles. The maximum Gasteiger partial charge on any atom is 0.232 e. The van der Waals surface area contributed by atoms with Crippen molar-refractivity contribution < 1.29 is 4.79 Å². The fourth-order valence-electron chi connectivity index (χ4n) is 1.68. The zero-order chi connectivity index (χ0) is 14.0. The van der Waals surface area contributed by atoms with Crippen molar-refractivity contribution in [3.05, 3.63) is 16.8 Å². The highest BCUT2D eigenvalue weighted by Gasteiger charge is 2.14. The Morgan fingerprint density at radius 3 is 2.84 bits per heavy atom. The molecule has 0 aliphatic rings. The molecule has 0 spiro atoms. The molecule has 6 heteroatoms. The van der Waals surface area contributed by atoms with E-state index >= 15 is 0 Å². The molecule has 2 heterocycles. The fraction of sp³-hybridized carbons (Fsp3) is 0.462. The Morgan fingerprint density at radius 2 is 2.16 bits per heavy atom. The van der Waals surface area contributed by atoms with Crippen LogP contribution in [0.4, 0.5) is 0 Å². The molecule has 0 radical (unpaired) electrons. The largest absolute Gasteiger partial charge is 0.345 e. The Hall–Kier alpha value is -1.14. The van der Waals surface area contributed by atoms with Crippen LogP contribution in [0.2, 0.25) is 0 Å². The van der Waals surface area contributed by atoms with Gasteiger partial charge in [-0.15, -0.1) is 11.3 Å². The van der Waals surface area contributed by atoms with Gasteiger partial charge < -0.3 is 4.90 Å². The molecule has 0 aliphatic heterocycles. The lowest BCUT2D eigenvalue weighted by Gasteiger charge is -2.13. The summed E-state index contributed by atoms with van der Waals surface area (Å²) in [6.45, 7) is 6.88. The molecule has 0 saturated heterocycles. The Bertz CT molecular complexity index is 609. The number of aromatic nitrogens is 2. The molecule has 0 aliphatic carbocycles. The van der Waals surface area contributed by atoms with E-state index in [0.29, 0.717) is 5.75 Å². The monoisotopic (exact) mass is 295 g/mol. The van der Waals surface area contributed by atoms with Crippen LogP contribution < -0.4 is 0 Å². The van der Waals surface area contributed by atoms with Gasteiger partial charge in [-0.25, -0.2) is 9.97 Å². The first-order valence-electron chi connectivity index (χ1n) is 6.12. The maximum atomic E-state index is 11.8. The van der Waals surface area contributed by atoms with Gasteiger partial charge in [-0.1, -0.05) is 11.8 Å². The molecule has 0 N–H and O–H groups in total. The maximum absolute atomic E-state index is 11.8. The first kappa shape index (κ1) is 14.3. The molecule has 1 amide bonds. The number of hydrogen-bond acceptors (Lipinski definition) is 5. The van der Waals surface area contributed by atoms with Crippen LogP contribution in [-0.4, -0.2) is 40.1 Å². The van der Waals surface area contributed by atoms with Crippen molar-refractivity contribution in [2.45, 2.75) is 25.8 Å². The second-order valence-electron chi connectivity index (χ2n) is 4.34. The van der Waals surface area contributed by atoms with Crippen LogP contribution in [0.15, 0.2) is 11.4 Å². The molecule has 19 heavy (non-hydrogen) atoms. The smallest absolute Gasteiger partial charge is 0.232 e. The molecular weight excluding hydrogens is 278 g/mol. The van der Waals surface area contributed by atoms with Crippen LogP contribution in [0.3, 0.4) is 0 Å². The number of rotatable bonds is 4. The quantitative estimate of drug-likeness (QED) is 0.643. The van der Waals surface area contributed by atoms with Gasteiger partial charge in [0.25, 0.3) is 0 Å². The molecule has 0 bridgehead atoms. The van der Waals surface area contributed by atoms with Crippen molar-refractivity contribution in [2.75, 3.05) is 19.3 Å². The molecule has 0 unspecified atom stereocenters. The number of nitrogens with zero attached hydrogens (tertiary/aromatic N) is 3. The molecule has 0 aromatic carbocycles. The summed E-state index contributed by atoms with van der Waals surface area (Å²) in [6, 6.07) is 0. The number of thioether (sulfide) groups is 1. The molecule has 0 atom stereocenters. The summed E-state index contributed by atoms with van der Waals surface area (Å²) < 4.78 is 0. The van der Waals surface area contributed by atoms with Gasteiger partial charge in [-0.3, -0.25) is 4.79 Å². The lowest BCUT2D eigenvalue weighted by atomic mass is 10.2. The first-order chi connectivity index (χ1) is 9.04. The molecule has 4 nitrogen and oxygen atoms in total. The summed E-state index contributed by atoms with van der Waals surface area (Å²) in [4.78, 5) is 24.4. The predicted octanol–water partition coefficient (Wildman–Crippen LogP) is 2.88. The van der Waals surface area contributed by atoms with Crippen molar-refractivity contribution in [1.29, 1.82) is 0 Å². The van der Waals surface area contributed by atoms with E-state index < -0.39 is 0 Å². The minimum Gasteiger partial charge on any atom is -0.345 e. The highest BCUT2D eigenvalue weighted by atomic mass is 32.2. The second kappa shape index (κ2) is 5.88. The van der Waals surface area contributed by atoms with Crippen LogP contribution in [0.25, 0.3) is 10.2 Å². The summed E-state index contributed by atoms with van der Waals surface area (Å²) in [5, 5.41) is 2.01. The number of carbonyl (C=O) groups is 1. The van der Waals surface area contributed by atoms with E-state index in [2.05, 4.69) is 23.8 Å². The number of fused-ring (bicyclic) bond motifs is 1. The van der Waals surface area contributed by atoms with Gasteiger partial charge >= 0.3 is 0 Å². The van der Waals surface area contributed by atoms with E-state index in [0.717, 1.165) is 21.8 Å². The van der Waals surface area contributed by atoms with E-state index in [1.165, 1.54) is 22.2 Å². The number of carbonyl (C=O) groups excluding carboxylic acids is 1. The SMILES string of the molecule is CCN(C)C(=O)CSc1ncnc2sc(C)c(C)c12. The van der Waals surface area contributed by atoms with Crippen LogP contribution in [0.1, 0.15) is 17.4 Å². The Kier molecular flexibility index (Phi) is 4.42. The van der Waals surface area contributed by atoms with Crippen molar-refractivity contribution in [3.63, 3.8) is 0 Å². The standard InChI is InChI=1S/C13H17N3OS2/c1-5-16(4)10(17)6-18-12-11-8(2)9(3)19-13(11)15-7-14-12/h7H,5-6H2,1-4H3. The van der Waals surface area contributed by atoms with Crippen molar-refractivity contribution >= 4 is 39.2 Å². The molecule has 0 fully saturated rings. The van der Waals surface area contributed by atoms with Gasteiger partial charge in [-0.2, -0.15) is 0 Å². The lowest BCUT2D eigenvalue weighted by molar-refractivity contribution is -0.126. The van der Waals surface area contributed by atoms with Crippen LogP contribution >= 0.6 is 23.1 Å². The normalized spacial score (nSPS) is 10.9. The average molecular weight is 295 g/mol. The molecular formula is C13H17N3OS2. The van der Waals surface area contributed by atoms with Crippen LogP contribution in [0.5, 0.6) is 0 Å². The van der Waals surface area contributed by atoms with Gasteiger partial charge in [-0.05, 0) is 26.3 Å². The minimum absolute atomic E-state index is 0.129. The predicted molar refractivity (Wildman–Crippen MR) is 80.9 cm³/mol. The Labute approximate surface area is 121 Å². The molecule has 0 saturated carbocycles. The highest BCUT2D eigenvalue weighted by molar-refractivity contribution is 8.00. The topological polar surface area (TPSA) is 46.1 Å². The summed E-state index contributed by atoms with van der Waals surface area (Å²) in [6.07, 6.45) is 1.58. The number of amides is 1. The van der Waals surface area contributed by atoms with Gasteiger partial charge in [0.1, 0.15) is 16.2 Å². The van der Waals surface area contributed by atoms with E-state index in [1.54, 1.807) is 22.6 Å². The van der Waals surface area contributed by atoms with Gasteiger partial charge in [0, 0.05) is 23.9 Å². The third-order valence-electron chi connectivity index (χ3n) is 3.16. The third-order valence-corrected chi connectivity index (χ3v) is 5.25. The van der Waals surface area contributed by atoms with Gasteiger partial charge in [0.2, 0.25) is 5.91 Å². The summed E-state index contributed by atoms with van der Waals surface area (Å²) in [5.41, 5.74) is 1.22. The molecule has 2 rings (SSSR count). The zero-order valence-electron chi connectivity index (χ0n) is 11.6. The number of aryl methyl sites for hydroxylation is 2. The lowest BCUT2D eigenvalue weighted by Crippen LogP contribution is -2.27. The number of thiophene rings is 1. The van der Waals surface area contributed by atoms with Crippen molar-refractivity contribution in [1.82, 2.24) is 14.9 Å². The molecule has 2 aromatic rings. The Balaban J connectivity index is 2.24. The average Bonchev–Trinajstić information content (AvgIpc) is 2.71. The van der Waals surface area contributed by atoms with Crippen LogP contribution in [-0.2, 0) is 4.79 Å². The molecule has 102 valence electrons. The van der Waals surface area contributed by atoms with E-state index in [9.17, 15) is 4.79 Å². The number of hydrogen-bond donors (Lipinski definition) is 0.